The molecule has 0 rings (SSSR count). The SMILES string of the molecule is CCC(=O)OCCOCO.CCCC(=O)NC[C@@H](O)COC(=O)CC. The highest BCUT2D eigenvalue weighted by Crippen LogP contribution is 1.90. The van der Waals surface area contributed by atoms with Crippen molar-refractivity contribution in [1.29, 1.82) is 0 Å². The Hall–Kier alpha value is -1.71. The zero-order chi connectivity index (χ0) is 19.5. The number of hydrogen-bond acceptors (Lipinski definition) is 8. The molecule has 1 amide bonds. The Morgan fingerprint density at radius 1 is 1.00 bits per heavy atom. The number of hydrogen-bond donors (Lipinski definition) is 3. The van der Waals surface area contributed by atoms with Gasteiger partial charge in [-0.25, -0.2) is 0 Å². The van der Waals surface area contributed by atoms with Crippen LogP contribution in [0.15, 0.2) is 0 Å². The van der Waals surface area contributed by atoms with Crippen molar-refractivity contribution in [2.24, 2.45) is 0 Å². The molecule has 25 heavy (non-hydrogen) atoms. The van der Waals surface area contributed by atoms with Crippen LogP contribution in [-0.2, 0) is 28.6 Å². The fourth-order valence-corrected chi connectivity index (χ4v) is 1.28. The highest BCUT2D eigenvalue weighted by atomic mass is 16.6. The molecule has 0 bridgehead atoms. The lowest BCUT2D eigenvalue weighted by atomic mass is 10.3. The van der Waals surface area contributed by atoms with Crippen LogP contribution in [0.3, 0.4) is 0 Å². The first-order valence-electron chi connectivity index (χ1n) is 8.35. The summed E-state index contributed by atoms with van der Waals surface area (Å²) in [5.74, 6) is -0.700. The summed E-state index contributed by atoms with van der Waals surface area (Å²) in [5, 5.41) is 20.0. The van der Waals surface area contributed by atoms with Gasteiger partial charge in [-0.3, -0.25) is 14.4 Å². The lowest BCUT2D eigenvalue weighted by Gasteiger charge is -2.11. The number of rotatable bonds is 12. The van der Waals surface area contributed by atoms with Crippen LogP contribution in [0.5, 0.6) is 0 Å². The van der Waals surface area contributed by atoms with Gasteiger partial charge in [0.1, 0.15) is 26.1 Å². The number of ether oxygens (including phenoxy) is 3. The number of aliphatic hydroxyl groups excluding tert-OH is 2. The van der Waals surface area contributed by atoms with E-state index in [4.69, 9.17) is 9.84 Å². The predicted octanol–water partition coefficient (Wildman–Crippen LogP) is 0.123. The minimum atomic E-state index is -0.832. The molecule has 0 radical (unpaired) electrons. The highest BCUT2D eigenvalue weighted by Gasteiger charge is 2.08. The Balaban J connectivity index is 0. The van der Waals surface area contributed by atoms with Gasteiger partial charge in [-0.2, -0.15) is 0 Å². The van der Waals surface area contributed by atoms with Crippen LogP contribution < -0.4 is 5.32 Å². The van der Waals surface area contributed by atoms with Gasteiger partial charge in [0.25, 0.3) is 0 Å². The van der Waals surface area contributed by atoms with E-state index in [9.17, 15) is 19.5 Å². The molecule has 0 aliphatic carbocycles. The number of carbonyl (C=O) groups excluding carboxylic acids is 3. The Bertz CT molecular complexity index is 362. The number of esters is 2. The summed E-state index contributed by atoms with van der Waals surface area (Å²) in [6, 6.07) is 0. The van der Waals surface area contributed by atoms with Crippen molar-refractivity contribution in [3.8, 4) is 0 Å². The number of carbonyl (C=O) groups is 3. The molecular weight excluding hydrogens is 334 g/mol. The molecule has 0 aliphatic heterocycles. The Labute approximate surface area is 148 Å². The number of amides is 1. The van der Waals surface area contributed by atoms with Gasteiger partial charge in [-0.15, -0.1) is 0 Å². The summed E-state index contributed by atoms with van der Waals surface area (Å²) in [7, 11) is 0. The first-order valence-corrected chi connectivity index (χ1v) is 8.35. The minimum Gasteiger partial charge on any atom is -0.463 e. The molecule has 0 saturated carbocycles. The van der Waals surface area contributed by atoms with Crippen LogP contribution in [0.1, 0.15) is 46.5 Å². The van der Waals surface area contributed by atoms with Gasteiger partial charge in [0.15, 0.2) is 0 Å². The third-order valence-electron chi connectivity index (χ3n) is 2.61. The summed E-state index contributed by atoms with van der Waals surface area (Å²) < 4.78 is 13.8. The van der Waals surface area contributed by atoms with Crippen LogP contribution in [0.4, 0.5) is 0 Å². The van der Waals surface area contributed by atoms with E-state index < -0.39 is 6.10 Å². The van der Waals surface area contributed by atoms with Crippen molar-refractivity contribution >= 4 is 17.8 Å². The van der Waals surface area contributed by atoms with E-state index in [0.29, 0.717) is 12.8 Å². The molecule has 9 heteroatoms. The first kappa shape index (κ1) is 25.5. The van der Waals surface area contributed by atoms with E-state index >= 15 is 0 Å². The molecule has 0 heterocycles. The van der Waals surface area contributed by atoms with Gasteiger partial charge in [-0.1, -0.05) is 20.8 Å². The lowest BCUT2D eigenvalue weighted by molar-refractivity contribution is -0.146. The molecule has 0 fully saturated rings. The van der Waals surface area contributed by atoms with Crippen LogP contribution in [-0.4, -0.2) is 67.3 Å². The van der Waals surface area contributed by atoms with Crippen molar-refractivity contribution in [3.05, 3.63) is 0 Å². The Kier molecular flexibility index (Phi) is 19.0. The zero-order valence-electron chi connectivity index (χ0n) is 15.3. The lowest BCUT2D eigenvalue weighted by Crippen LogP contribution is -2.34. The van der Waals surface area contributed by atoms with Crippen molar-refractivity contribution < 1.29 is 38.8 Å². The highest BCUT2D eigenvalue weighted by molar-refractivity contribution is 5.75. The average molecular weight is 365 g/mol. The van der Waals surface area contributed by atoms with E-state index in [2.05, 4.69) is 14.8 Å². The molecule has 0 aromatic carbocycles. The number of nitrogens with one attached hydrogen (secondary N) is 1. The van der Waals surface area contributed by atoms with E-state index in [-0.39, 0.29) is 57.4 Å². The van der Waals surface area contributed by atoms with Gasteiger partial charge < -0.3 is 29.7 Å². The second-order valence-corrected chi connectivity index (χ2v) is 4.86. The Morgan fingerprint density at radius 3 is 2.12 bits per heavy atom. The maximum absolute atomic E-state index is 11.0. The Morgan fingerprint density at radius 2 is 1.60 bits per heavy atom. The quantitative estimate of drug-likeness (QED) is 0.252. The molecule has 3 N–H and O–H groups in total. The fraction of sp³-hybridized carbons (Fsp3) is 0.812. The molecule has 0 unspecified atom stereocenters. The van der Waals surface area contributed by atoms with Crippen LogP contribution >= 0.6 is 0 Å². The van der Waals surface area contributed by atoms with Gasteiger partial charge >= 0.3 is 11.9 Å². The van der Waals surface area contributed by atoms with E-state index in [0.717, 1.165) is 6.42 Å². The van der Waals surface area contributed by atoms with Crippen molar-refractivity contribution in [2.45, 2.75) is 52.6 Å². The smallest absolute Gasteiger partial charge is 0.305 e. The van der Waals surface area contributed by atoms with Crippen molar-refractivity contribution in [1.82, 2.24) is 5.32 Å². The summed E-state index contributed by atoms with van der Waals surface area (Å²) in [6.45, 7) is 5.49. The molecular formula is C16H31NO8. The van der Waals surface area contributed by atoms with E-state index in [1.54, 1.807) is 13.8 Å². The van der Waals surface area contributed by atoms with Crippen LogP contribution in [0.2, 0.25) is 0 Å². The summed E-state index contributed by atoms with van der Waals surface area (Å²) >= 11 is 0. The standard InChI is InChI=1S/C10H19NO4.C6H12O4/c1-3-5-9(13)11-6-8(12)7-15-10(14)4-2;1-2-6(8)10-4-3-9-5-7/h8,12H,3-7H2,1-2H3,(H,11,13);7H,2-5H2,1H3/t8-;/m1./s1. The monoisotopic (exact) mass is 365 g/mol. The van der Waals surface area contributed by atoms with Gasteiger partial charge in [0, 0.05) is 25.8 Å². The second-order valence-electron chi connectivity index (χ2n) is 4.86. The van der Waals surface area contributed by atoms with Crippen LogP contribution in [0, 0.1) is 0 Å². The molecule has 0 saturated heterocycles. The van der Waals surface area contributed by atoms with Crippen molar-refractivity contribution in [3.63, 3.8) is 0 Å². The largest absolute Gasteiger partial charge is 0.463 e. The predicted molar refractivity (Wildman–Crippen MR) is 89.5 cm³/mol. The maximum atomic E-state index is 11.0. The summed E-state index contributed by atoms with van der Waals surface area (Å²) in [5.41, 5.74) is 0. The molecule has 0 aromatic heterocycles. The van der Waals surface area contributed by atoms with Crippen LogP contribution in [0.25, 0.3) is 0 Å². The number of aliphatic hydroxyl groups is 2. The summed E-state index contributed by atoms with van der Waals surface area (Å²) in [4.78, 5) is 32.2. The van der Waals surface area contributed by atoms with E-state index in [1.807, 2.05) is 6.92 Å². The van der Waals surface area contributed by atoms with Gasteiger partial charge in [0.05, 0.1) is 6.61 Å². The molecule has 0 spiro atoms. The second kappa shape index (κ2) is 18.6. The normalized spacial score (nSPS) is 10.9. The third-order valence-corrected chi connectivity index (χ3v) is 2.61. The maximum Gasteiger partial charge on any atom is 0.305 e. The first-order chi connectivity index (χ1) is 11.9. The average Bonchev–Trinajstić information content (AvgIpc) is 2.62. The zero-order valence-corrected chi connectivity index (χ0v) is 15.3. The third kappa shape index (κ3) is 20.2. The minimum absolute atomic E-state index is 0.0704. The van der Waals surface area contributed by atoms with Gasteiger partial charge in [0.2, 0.25) is 5.91 Å². The van der Waals surface area contributed by atoms with Crippen molar-refractivity contribution in [2.75, 3.05) is 33.2 Å². The molecule has 9 nitrogen and oxygen atoms in total. The van der Waals surface area contributed by atoms with E-state index in [1.165, 1.54) is 0 Å². The molecule has 0 aliphatic rings. The van der Waals surface area contributed by atoms with Gasteiger partial charge in [-0.05, 0) is 6.42 Å². The molecule has 1 atom stereocenters. The fourth-order valence-electron chi connectivity index (χ4n) is 1.28. The molecule has 148 valence electrons. The summed E-state index contributed by atoms with van der Waals surface area (Å²) in [6.07, 6.45) is 1.05. The topological polar surface area (TPSA) is 131 Å². The molecule has 0 aromatic rings.